The molecule has 0 saturated carbocycles. The fourth-order valence-electron chi connectivity index (χ4n) is 2.49. The van der Waals surface area contributed by atoms with Crippen LogP contribution in [-0.2, 0) is 22.7 Å². The van der Waals surface area contributed by atoms with Gasteiger partial charge in [0.1, 0.15) is 29.5 Å². The summed E-state index contributed by atoms with van der Waals surface area (Å²) in [5, 5.41) is 20.3. The van der Waals surface area contributed by atoms with Gasteiger partial charge in [-0.2, -0.15) is 4.31 Å². The lowest BCUT2D eigenvalue weighted by Crippen LogP contribution is -2.33. The molecule has 2 aromatic heterocycles. The maximum atomic E-state index is 11.5. The van der Waals surface area contributed by atoms with Crippen molar-refractivity contribution in [3.05, 3.63) is 17.3 Å². The highest BCUT2D eigenvalue weighted by Gasteiger charge is 2.45. The first kappa shape index (κ1) is 20.6. The van der Waals surface area contributed by atoms with Crippen LogP contribution in [0.15, 0.2) is 12.7 Å². The molecule has 1 aliphatic rings. The third-order valence-corrected chi connectivity index (χ3v) is 6.05. The maximum Gasteiger partial charge on any atom is 0.481 e. The number of ether oxygens (including phenoxy) is 1. The lowest BCUT2D eigenvalue weighted by molar-refractivity contribution is -0.0503. The van der Waals surface area contributed by atoms with Crippen molar-refractivity contribution in [2.24, 2.45) is 0 Å². The fraction of sp³-hybridized carbons (Fsp3) is 0.500. The highest BCUT2D eigenvalue weighted by atomic mass is 32.1. The summed E-state index contributed by atoms with van der Waals surface area (Å²) in [4.78, 5) is 37.1. The average Bonchev–Trinajstić information content (AvgIpc) is 3.07. The molecule has 150 valence electrons. The normalized spacial score (nSPS) is 28.5. The van der Waals surface area contributed by atoms with Crippen molar-refractivity contribution in [2.45, 2.75) is 24.5 Å². The topological polar surface area (TPSA) is 209 Å². The second-order valence-electron chi connectivity index (χ2n) is 5.44. The second-order valence-corrected chi connectivity index (χ2v) is 8.66. The number of fused-ring (bicyclic) bond motifs is 1. The number of rotatable bonds is 6. The number of phosphoric ester groups is 1. The van der Waals surface area contributed by atoms with Gasteiger partial charge in [0, 0.05) is 0 Å². The molecule has 14 nitrogen and oxygen atoms in total. The molecule has 0 aromatic carbocycles. The van der Waals surface area contributed by atoms with E-state index in [9.17, 15) is 24.2 Å². The van der Waals surface area contributed by atoms with Crippen molar-refractivity contribution >= 4 is 39.0 Å². The van der Waals surface area contributed by atoms with Gasteiger partial charge in [0.15, 0.2) is 10.9 Å². The number of aromatic nitrogens is 4. The lowest BCUT2D eigenvalue weighted by Gasteiger charge is -2.17. The minimum absolute atomic E-state index is 0.200. The zero-order valence-corrected chi connectivity index (χ0v) is 15.7. The predicted molar refractivity (Wildman–Crippen MR) is 87.5 cm³/mol. The minimum Gasteiger partial charge on any atom is -0.387 e. The summed E-state index contributed by atoms with van der Waals surface area (Å²) in [6, 6.07) is 0. The highest BCUT2D eigenvalue weighted by Crippen LogP contribution is 2.57. The number of aliphatic hydroxyl groups is 2. The van der Waals surface area contributed by atoms with Crippen molar-refractivity contribution in [2.75, 3.05) is 6.61 Å². The molecule has 3 heterocycles. The van der Waals surface area contributed by atoms with Gasteiger partial charge in [-0.05, 0) is 0 Å². The minimum atomic E-state index is -5.28. The molecule has 2 aromatic rings. The Morgan fingerprint density at radius 3 is 2.63 bits per heavy atom. The number of nitrogens with zero attached hydrogens (tertiary/aromatic N) is 3. The van der Waals surface area contributed by atoms with Crippen molar-refractivity contribution in [1.82, 2.24) is 19.5 Å². The van der Waals surface area contributed by atoms with Gasteiger partial charge in [0.2, 0.25) is 0 Å². The van der Waals surface area contributed by atoms with Crippen LogP contribution in [0.1, 0.15) is 6.23 Å². The number of phosphoric acid groups is 2. The van der Waals surface area contributed by atoms with Crippen LogP contribution in [0.5, 0.6) is 0 Å². The molecular weight excluding hydrogens is 430 g/mol. The quantitative estimate of drug-likeness (QED) is 0.242. The van der Waals surface area contributed by atoms with E-state index in [0.717, 1.165) is 0 Å². The molecule has 0 spiro atoms. The molecule has 1 aliphatic heterocycles. The standard InChI is InChI=1S/C10H14N4O10P2S/c15-6-4(1-22-26(20,21)24-25(17,18)19)23-10(7(6)16)14-3-13-5-8(14)11-2-12-9(5)27/h2-4,6-7,10,15-16H,1H2,(H,20,21)(H,11,12,27)(H2,17,18,19)/t4-,6+,7+,10+/m0/s1. The highest BCUT2D eigenvalue weighted by molar-refractivity contribution is 7.71. The molecular formula is C10H14N4O10P2S. The van der Waals surface area contributed by atoms with Gasteiger partial charge in [-0.25, -0.2) is 19.1 Å². The van der Waals surface area contributed by atoms with E-state index in [-0.39, 0.29) is 4.64 Å². The van der Waals surface area contributed by atoms with Crippen LogP contribution in [0.25, 0.3) is 11.2 Å². The van der Waals surface area contributed by atoms with Gasteiger partial charge in [-0.1, -0.05) is 12.2 Å². The van der Waals surface area contributed by atoms with E-state index in [2.05, 4.69) is 23.8 Å². The molecule has 1 unspecified atom stereocenters. The second kappa shape index (κ2) is 7.39. The Morgan fingerprint density at radius 2 is 1.96 bits per heavy atom. The summed E-state index contributed by atoms with van der Waals surface area (Å²) >= 11 is 5.03. The number of imidazole rings is 1. The molecule has 0 bridgehead atoms. The van der Waals surface area contributed by atoms with Crippen molar-refractivity contribution in [3.8, 4) is 0 Å². The van der Waals surface area contributed by atoms with Gasteiger partial charge < -0.3 is 34.6 Å². The summed E-state index contributed by atoms with van der Waals surface area (Å²) in [5.74, 6) is 0. The van der Waals surface area contributed by atoms with E-state index in [1.54, 1.807) is 0 Å². The average molecular weight is 444 g/mol. The van der Waals surface area contributed by atoms with E-state index < -0.39 is 46.8 Å². The Labute approximate surface area is 155 Å². The van der Waals surface area contributed by atoms with Gasteiger partial charge in [-0.15, -0.1) is 0 Å². The SMILES string of the molecule is O=P(O)(O)OP(=O)(O)OC[C@@H]1O[C@@H](n2cnc3c(=S)nc[nH]c32)[C@H](O)[C@@H]1O. The molecule has 27 heavy (non-hydrogen) atoms. The number of hydrogen-bond donors (Lipinski definition) is 6. The van der Waals surface area contributed by atoms with E-state index in [1.165, 1.54) is 17.2 Å². The predicted octanol–water partition coefficient (Wildman–Crippen LogP) is -0.666. The molecule has 5 atom stereocenters. The van der Waals surface area contributed by atoms with Crippen LogP contribution < -0.4 is 0 Å². The Bertz CT molecular complexity index is 990. The number of hydrogen-bond acceptors (Lipinski definition) is 10. The zero-order chi connectivity index (χ0) is 20.0. The summed E-state index contributed by atoms with van der Waals surface area (Å²) in [5.41, 5.74) is 0.679. The lowest BCUT2D eigenvalue weighted by atomic mass is 10.1. The van der Waals surface area contributed by atoms with Crippen LogP contribution in [0.4, 0.5) is 0 Å². The maximum absolute atomic E-state index is 11.5. The smallest absolute Gasteiger partial charge is 0.387 e. The van der Waals surface area contributed by atoms with Gasteiger partial charge >= 0.3 is 15.6 Å². The fourth-order valence-corrected chi connectivity index (χ4v) is 4.29. The number of aliphatic hydroxyl groups excluding tert-OH is 2. The number of nitrogens with one attached hydrogen (secondary N) is 1. The van der Waals surface area contributed by atoms with Gasteiger partial charge in [0.25, 0.3) is 0 Å². The van der Waals surface area contributed by atoms with Crippen molar-refractivity contribution < 1.29 is 47.6 Å². The molecule has 0 aliphatic carbocycles. The van der Waals surface area contributed by atoms with Gasteiger partial charge in [-0.3, -0.25) is 9.09 Å². The summed E-state index contributed by atoms with van der Waals surface area (Å²) in [6.45, 7) is -0.799. The number of aromatic amines is 1. The monoisotopic (exact) mass is 444 g/mol. The van der Waals surface area contributed by atoms with E-state index >= 15 is 0 Å². The van der Waals surface area contributed by atoms with Crippen LogP contribution in [-0.4, -0.2) is 69.3 Å². The molecule has 3 rings (SSSR count). The van der Waals surface area contributed by atoms with Crippen molar-refractivity contribution in [3.63, 3.8) is 0 Å². The summed E-state index contributed by atoms with van der Waals surface area (Å²) < 4.78 is 37.1. The molecule has 6 N–H and O–H groups in total. The first-order valence-electron chi connectivity index (χ1n) is 7.14. The van der Waals surface area contributed by atoms with Crippen molar-refractivity contribution in [1.29, 1.82) is 0 Å². The number of H-pyrrole nitrogens is 1. The molecule has 0 radical (unpaired) electrons. The zero-order valence-electron chi connectivity index (χ0n) is 13.1. The first-order chi connectivity index (χ1) is 12.5. The Balaban J connectivity index is 1.76. The third kappa shape index (κ3) is 4.50. The first-order valence-corrected chi connectivity index (χ1v) is 10.6. The Kier molecular flexibility index (Phi) is 5.65. The van der Waals surface area contributed by atoms with Crippen LogP contribution in [0.3, 0.4) is 0 Å². The van der Waals surface area contributed by atoms with Crippen LogP contribution in [0.2, 0.25) is 0 Å². The van der Waals surface area contributed by atoms with E-state index in [4.69, 9.17) is 26.7 Å². The largest absolute Gasteiger partial charge is 0.481 e. The molecule has 1 fully saturated rings. The molecule has 17 heteroatoms. The van der Waals surface area contributed by atoms with E-state index in [0.29, 0.717) is 11.2 Å². The van der Waals surface area contributed by atoms with Crippen LogP contribution >= 0.6 is 27.9 Å². The Hall–Kier alpha value is -1.09. The Morgan fingerprint density at radius 1 is 1.26 bits per heavy atom. The summed E-state index contributed by atoms with van der Waals surface area (Å²) in [7, 11) is -10.4. The third-order valence-electron chi connectivity index (χ3n) is 3.60. The molecule has 0 amide bonds. The van der Waals surface area contributed by atoms with Gasteiger partial charge in [0.05, 0.1) is 19.3 Å². The van der Waals surface area contributed by atoms with E-state index in [1.807, 2.05) is 0 Å². The van der Waals surface area contributed by atoms with Crippen LogP contribution in [0, 0.1) is 4.64 Å². The summed E-state index contributed by atoms with van der Waals surface area (Å²) in [6.07, 6.45) is -2.90. The molecule has 1 saturated heterocycles.